The van der Waals surface area contributed by atoms with Crippen molar-refractivity contribution in [3.63, 3.8) is 0 Å². The number of fused-ring (bicyclic) bond motifs is 2. The third-order valence-electron chi connectivity index (χ3n) is 9.01. The Morgan fingerprint density at radius 3 is 1.31 bits per heavy atom. The molecule has 0 saturated carbocycles. The molecule has 0 saturated heterocycles. The molecule has 0 fully saturated rings. The Balaban J connectivity index is 1.36. The minimum Gasteiger partial charge on any atom is -0.493 e. The highest BCUT2D eigenvalue weighted by atomic mass is 35.5. The van der Waals surface area contributed by atoms with Gasteiger partial charge in [-0.1, -0.05) is 47.5 Å². The van der Waals surface area contributed by atoms with Gasteiger partial charge in [0.2, 0.25) is 0 Å². The summed E-state index contributed by atoms with van der Waals surface area (Å²) in [5.74, 6) is -2.99. The molecule has 4 aromatic carbocycles. The van der Waals surface area contributed by atoms with Crippen LogP contribution >= 0.6 is 23.2 Å². The van der Waals surface area contributed by atoms with Crippen molar-refractivity contribution in [1.29, 1.82) is 0 Å². The first kappa shape index (κ1) is 38.6. The van der Waals surface area contributed by atoms with E-state index in [1.165, 1.54) is 28.4 Å². The van der Waals surface area contributed by atoms with Crippen LogP contribution in [-0.2, 0) is 43.5 Å². The lowest BCUT2D eigenvalue weighted by molar-refractivity contribution is -0.198. The van der Waals surface area contributed by atoms with E-state index in [2.05, 4.69) is 10.6 Å². The van der Waals surface area contributed by atoms with E-state index in [4.69, 9.17) is 61.1 Å². The molecule has 284 valence electrons. The highest BCUT2D eigenvalue weighted by Gasteiger charge is 2.45. The van der Waals surface area contributed by atoms with Crippen molar-refractivity contribution in [2.45, 2.75) is 24.4 Å². The van der Waals surface area contributed by atoms with Crippen LogP contribution in [0.15, 0.2) is 84.9 Å². The van der Waals surface area contributed by atoms with Crippen LogP contribution in [0.4, 0.5) is 0 Å². The summed E-state index contributed by atoms with van der Waals surface area (Å²) in [4.78, 5) is 27.6. The van der Waals surface area contributed by atoms with E-state index < -0.39 is 23.5 Å². The first-order chi connectivity index (χ1) is 26.1. The Kier molecular flexibility index (Phi) is 12.1. The fourth-order valence-electron chi connectivity index (χ4n) is 6.45. The fourth-order valence-corrected chi connectivity index (χ4v) is 6.80. The molecule has 0 aliphatic carbocycles. The number of rotatable bonds is 12. The summed E-state index contributed by atoms with van der Waals surface area (Å²) in [5.41, 5.74) is 2.58. The van der Waals surface area contributed by atoms with Crippen molar-refractivity contribution in [3.8, 4) is 34.5 Å². The smallest absolute Gasteiger partial charge is 0.334 e. The molecule has 54 heavy (non-hydrogen) atoms. The Hall–Kier alpha value is -5.14. The van der Waals surface area contributed by atoms with E-state index in [0.29, 0.717) is 70.1 Å². The van der Waals surface area contributed by atoms with Gasteiger partial charge in [-0.15, -0.1) is 0 Å². The number of hydrogen-bond donors (Lipinski definition) is 2. The number of carbonyl (C=O) groups is 2. The van der Waals surface area contributed by atoms with Gasteiger partial charge < -0.3 is 48.5 Å². The highest BCUT2D eigenvalue weighted by molar-refractivity contribution is 6.32. The molecule has 0 spiro atoms. The lowest BCUT2D eigenvalue weighted by Gasteiger charge is -2.35. The van der Waals surface area contributed by atoms with Crippen LogP contribution in [0, 0.1) is 0 Å². The second-order valence-electron chi connectivity index (χ2n) is 12.3. The van der Waals surface area contributed by atoms with Gasteiger partial charge in [-0.05, 0) is 85.6 Å². The molecule has 2 unspecified atom stereocenters. The molecule has 2 aliphatic heterocycles. The normalized spacial score (nSPS) is 19.3. The lowest BCUT2D eigenvalue weighted by atomic mass is 9.97. The van der Waals surface area contributed by atoms with Gasteiger partial charge in [0.1, 0.15) is 11.5 Å². The van der Waals surface area contributed by atoms with Crippen LogP contribution in [0.2, 0.25) is 10.0 Å². The molecule has 0 aromatic heterocycles. The number of hydrogen-bond acceptors (Lipinski definition) is 12. The van der Waals surface area contributed by atoms with Gasteiger partial charge >= 0.3 is 11.9 Å². The Morgan fingerprint density at radius 2 is 0.944 bits per heavy atom. The van der Waals surface area contributed by atoms with Gasteiger partial charge in [0.05, 0.1) is 51.6 Å². The van der Waals surface area contributed by atoms with Gasteiger partial charge in [-0.3, -0.25) is 0 Å². The molecule has 14 heteroatoms. The zero-order chi connectivity index (χ0) is 38.3. The van der Waals surface area contributed by atoms with Crippen LogP contribution in [0.3, 0.4) is 0 Å². The number of nitrogens with one attached hydrogen (secondary N) is 2. The lowest BCUT2D eigenvalue weighted by Crippen LogP contribution is -2.46. The fraction of sp³-hybridized carbons (Fsp3) is 0.300. The van der Waals surface area contributed by atoms with E-state index in [0.717, 1.165) is 23.3 Å². The third-order valence-corrected chi connectivity index (χ3v) is 9.63. The second-order valence-corrected chi connectivity index (χ2v) is 13.1. The van der Waals surface area contributed by atoms with Crippen LogP contribution in [0.25, 0.3) is 0 Å². The molecule has 2 heterocycles. The van der Waals surface area contributed by atoms with Crippen molar-refractivity contribution in [2.75, 3.05) is 54.6 Å². The molecule has 12 nitrogen and oxygen atoms in total. The number of benzene rings is 4. The number of esters is 2. The van der Waals surface area contributed by atoms with Crippen molar-refractivity contribution in [3.05, 3.63) is 117 Å². The number of halogens is 2. The monoisotopic (exact) mass is 778 g/mol. The first-order valence-electron chi connectivity index (χ1n) is 17.1. The van der Waals surface area contributed by atoms with Crippen molar-refractivity contribution in [1.82, 2.24) is 10.6 Å². The van der Waals surface area contributed by atoms with Crippen LogP contribution in [-0.4, -0.2) is 66.6 Å². The summed E-state index contributed by atoms with van der Waals surface area (Å²) in [7, 11) is 6.09. The summed E-state index contributed by atoms with van der Waals surface area (Å²) in [6, 6.07) is 20.7. The molecule has 2 atom stereocenters. The van der Waals surface area contributed by atoms with E-state index >= 15 is 0 Å². The Morgan fingerprint density at radius 1 is 0.574 bits per heavy atom. The second kappa shape index (κ2) is 16.9. The summed E-state index contributed by atoms with van der Waals surface area (Å²) in [5, 5.41) is 7.19. The van der Waals surface area contributed by atoms with Gasteiger partial charge in [-0.2, -0.15) is 0 Å². The number of para-hydroxylation sites is 2. The SMILES string of the molecule is COc1cc2c(cc1OC)C(OC(=O)/C=C\C(=O)OC1(Oc3ccccc3Cl)CNCCc3cc(OC)c(OC)cc31)(Oc1ccccc1Cl)CNCC2. The van der Waals surface area contributed by atoms with Crippen LogP contribution < -0.4 is 39.1 Å². The van der Waals surface area contributed by atoms with Crippen molar-refractivity contribution >= 4 is 35.1 Å². The molecule has 4 aromatic rings. The predicted molar refractivity (Wildman–Crippen MR) is 201 cm³/mol. The summed E-state index contributed by atoms with van der Waals surface area (Å²) >= 11 is 13.1. The van der Waals surface area contributed by atoms with E-state index in [1.54, 1.807) is 60.7 Å². The Bertz CT molecular complexity index is 1900. The molecule has 0 bridgehead atoms. The maximum Gasteiger partial charge on any atom is 0.334 e. The minimum absolute atomic E-state index is 0.0350. The molecular formula is C40H40Cl2N2O10. The van der Waals surface area contributed by atoms with Gasteiger partial charge in [-0.25, -0.2) is 9.59 Å². The van der Waals surface area contributed by atoms with Gasteiger partial charge in [0.25, 0.3) is 11.6 Å². The number of ether oxygens (including phenoxy) is 8. The van der Waals surface area contributed by atoms with E-state index in [9.17, 15) is 9.59 Å². The average molecular weight is 780 g/mol. The van der Waals surface area contributed by atoms with Crippen LogP contribution in [0.5, 0.6) is 34.5 Å². The van der Waals surface area contributed by atoms with Crippen molar-refractivity contribution in [2.24, 2.45) is 0 Å². The summed E-state index contributed by atoms with van der Waals surface area (Å²) in [6.45, 7) is 1.14. The number of carbonyl (C=O) groups excluding carboxylic acids is 2. The van der Waals surface area contributed by atoms with Gasteiger partial charge in [0, 0.05) is 23.3 Å². The quantitative estimate of drug-likeness (QED) is 0.0975. The van der Waals surface area contributed by atoms with Crippen LogP contribution in [0.1, 0.15) is 22.3 Å². The zero-order valence-electron chi connectivity index (χ0n) is 30.2. The standard InChI is InChI=1S/C40H40Cl2N2O10/c1-47-33-19-25-15-17-43-23-39(27(25)21-35(33)49-3,51-31-11-7-5-9-29(31)41)53-37(45)13-14-38(46)54-40(52-32-12-8-6-10-30(32)42)24-44-18-16-26-20-34(48-2)36(50-4)22-28(26)40/h5-14,19-22,43-44H,15-18,23-24H2,1-4H3/b14-13-. The maximum absolute atomic E-state index is 13.8. The summed E-state index contributed by atoms with van der Waals surface area (Å²) in [6.07, 6.45) is 3.05. The topological polar surface area (TPSA) is 132 Å². The zero-order valence-corrected chi connectivity index (χ0v) is 31.7. The van der Waals surface area contributed by atoms with E-state index in [-0.39, 0.29) is 24.6 Å². The molecule has 0 radical (unpaired) electrons. The van der Waals surface area contributed by atoms with E-state index in [1.807, 2.05) is 12.1 Å². The molecule has 0 amide bonds. The summed E-state index contributed by atoms with van der Waals surface area (Å²) < 4.78 is 47.6. The maximum atomic E-state index is 13.8. The predicted octanol–water partition coefficient (Wildman–Crippen LogP) is 6.13. The molecule has 2 aliphatic rings. The van der Waals surface area contributed by atoms with Gasteiger partial charge in [0.15, 0.2) is 23.0 Å². The Labute approximate surface area is 323 Å². The minimum atomic E-state index is -1.75. The largest absolute Gasteiger partial charge is 0.493 e. The number of methoxy groups -OCH3 is 4. The average Bonchev–Trinajstić information content (AvgIpc) is 3.45. The first-order valence-corrected chi connectivity index (χ1v) is 17.8. The van der Waals surface area contributed by atoms with Crippen molar-refractivity contribution < 1.29 is 47.5 Å². The molecular weight excluding hydrogens is 739 g/mol. The highest BCUT2D eigenvalue weighted by Crippen LogP contribution is 2.43. The molecule has 2 N–H and O–H groups in total. The third kappa shape index (κ3) is 8.17. The molecule has 6 rings (SSSR count).